The number of alkyl halides is 5. The van der Waals surface area contributed by atoms with Gasteiger partial charge in [0.2, 0.25) is 0 Å². The Morgan fingerprint density at radius 1 is 0.698 bits per heavy atom. The lowest BCUT2D eigenvalue weighted by Gasteiger charge is -2.43. The maximum absolute atomic E-state index is 14.6. The molecule has 10 atom stereocenters. The SMILES string of the molecule is O=S(=O)(O[C@H]1CO[C@@H]2COC(c3ccccc3)O[C@H]2[C@H]1F)C(F)(F)F.O[C@H]1CO[C@@H]2COC(c3ccccc3)O[C@H]2[C@H]1F. The van der Waals surface area contributed by atoms with Crippen LogP contribution < -0.4 is 0 Å². The molecule has 0 aromatic heterocycles. The molecule has 2 aromatic rings. The Balaban J connectivity index is 0.000000180. The highest BCUT2D eigenvalue weighted by Gasteiger charge is 2.53. The maximum atomic E-state index is 14.6. The van der Waals surface area contributed by atoms with Gasteiger partial charge in [0.1, 0.15) is 36.6 Å². The van der Waals surface area contributed by atoms with Crippen molar-refractivity contribution < 1.29 is 68.1 Å². The predicted molar refractivity (Wildman–Crippen MR) is 135 cm³/mol. The monoisotopic (exact) mass is 640 g/mol. The van der Waals surface area contributed by atoms with Crippen LogP contribution in [0.2, 0.25) is 0 Å². The standard InChI is InChI=1S/C14H14F4O6S.C13H15FO4/c15-11-9(24-25(19,20)14(16,17)18)6-21-10-7-22-13(23-12(10)11)8-4-2-1-3-5-8;14-11-9(15)6-16-10-7-17-13(18-12(10)11)8-4-2-1-3-5-8/h1-5,9-13H,6-7H2;1-5,9-13,15H,6-7H2/t2*9-,10+,11-,12+,13?/m00/s1. The molecular formula is C27H29F5O10S. The molecule has 0 aliphatic carbocycles. The highest BCUT2D eigenvalue weighted by molar-refractivity contribution is 7.87. The molecule has 4 aliphatic heterocycles. The number of rotatable bonds is 4. The Morgan fingerprint density at radius 2 is 1.16 bits per heavy atom. The molecule has 0 saturated carbocycles. The minimum atomic E-state index is -5.94. The first kappa shape index (κ1) is 32.1. The van der Waals surface area contributed by atoms with Crippen LogP contribution >= 0.6 is 0 Å². The van der Waals surface area contributed by atoms with Crippen LogP contribution in [0.3, 0.4) is 0 Å². The molecule has 10 nitrogen and oxygen atoms in total. The Morgan fingerprint density at radius 3 is 1.65 bits per heavy atom. The fourth-order valence-electron chi connectivity index (χ4n) is 4.86. The molecule has 4 fully saturated rings. The van der Waals surface area contributed by atoms with Crippen LogP contribution in [0, 0.1) is 0 Å². The molecular weight excluding hydrogens is 611 g/mol. The molecule has 4 heterocycles. The first-order valence-corrected chi connectivity index (χ1v) is 14.7. The molecule has 43 heavy (non-hydrogen) atoms. The van der Waals surface area contributed by atoms with E-state index in [4.69, 9.17) is 28.4 Å². The second kappa shape index (κ2) is 13.4. The third kappa shape index (κ3) is 7.34. The van der Waals surface area contributed by atoms with Crippen LogP contribution in [0.1, 0.15) is 23.7 Å². The summed E-state index contributed by atoms with van der Waals surface area (Å²) in [4.78, 5) is 0. The predicted octanol–water partition coefficient (Wildman–Crippen LogP) is 3.27. The smallest absolute Gasteiger partial charge is 0.388 e. The molecule has 0 bridgehead atoms. The number of hydrogen-bond acceptors (Lipinski definition) is 10. The topological polar surface area (TPSA) is 119 Å². The average molecular weight is 641 g/mol. The zero-order valence-corrected chi connectivity index (χ0v) is 23.1. The molecule has 1 N–H and O–H groups in total. The van der Waals surface area contributed by atoms with Crippen molar-refractivity contribution in [1.29, 1.82) is 0 Å². The zero-order valence-electron chi connectivity index (χ0n) is 22.3. The summed E-state index contributed by atoms with van der Waals surface area (Å²) in [7, 11) is -5.94. The minimum Gasteiger partial charge on any atom is -0.388 e. The van der Waals surface area contributed by atoms with Crippen LogP contribution in [0.4, 0.5) is 22.0 Å². The molecule has 2 unspecified atom stereocenters. The van der Waals surface area contributed by atoms with Crippen molar-refractivity contribution in [3.63, 3.8) is 0 Å². The van der Waals surface area contributed by atoms with E-state index in [0.717, 1.165) is 5.56 Å². The van der Waals surface area contributed by atoms with Gasteiger partial charge in [-0.2, -0.15) is 21.6 Å². The summed E-state index contributed by atoms with van der Waals surface area (Å²) >= 11 is 0. The maximum Gasteiger partial charge on any atom is 0.523 e. The molecule has 238 valence electrons. The summed E-state index contributed by atoms with van der Waals surface area (Å²) in [5.41, 5.74) is -4.23. The Hall–Kier alpha value is -2.28. The summed E-state index contributed by atoms with van der Waals surface area (Å²) in [6, 6.07) is 17.9. The molecule has 4 aliphatic rings. The van der Waals surface area contributed by atoms with Crippen molar-refractivity contribution in [2.24, 2.45) is 0 Å². The van der Waals surface area contributed by atoms with Gasteiger partial charge in [-0.25, -0.2) is 8.78 Å². The van der Waals surface area contributed by atoms with Crippen molar-refractivity contribution >= 4 is 10.1 Å². The quantitative estimate of drug-likeness (QED) is 0.303. The second-order valence-corrected chi connectivity index (χ2v) is 11.7. The lowest BCUT2D eigenvalue weighted by molar-refractivity contribution is -0.305. The molecule has 2 aromatic carbocycles. The fourth-order valence-corrected chi connectivity index (χ4v) is 5.46. The highest BCUT2D eigenvalue weighted by atomic mass is 32.2. The third-order valence-electron chi connectivity index (χ3n) is 7.10. The average Bonchev–Trinajstić information content (AvgIpc) is 3.01. The van der Waals surface area contributed by atoms with Gasteiger partial charge in [0.25, 0.3) is 0 Å². The summed E-state index contributed by atoms with van der Waals surface area (Å²) < 4.78 is 124. The number of aliphatic hydroxyl groups excluding tert-OH is 1. The third-order valence-corrected chi connectivity index (χ3v) is 8.17. The van der Waals surface area contributed by atoms with Gasteiger partial charge in [-0.05, 0) is 0 Å². The summed E-state index contributed by atoms with van der Waals surface area (Å²) in [6.07, 6.45) is -11.6. The van der Waals surface area contributed by atoms with Crippen molar-refractivity contribution in [3.8, 4) is 0 Å². The Labute approximate surface area is 243 Å². The van der Waals surface area contributed by atoms with Crippen molar-refractivity contribution in [2.75, 3.05) is 26.4 Å². The van der Waals surface area contributed by atoms with Crippen molar-refractivity contribution in [3.05, 3.63) is 71.8 Å². The van der Waals surface area contributed by atoms with Crippen LogP contribution in [0.15, 0.2) is 60.7 Å². The van der Waals surface area contributed by atoms with E-state index in [1.165, 1.54) is 0 Å². The second-order valence-electron chi connectivity index (χ2n) is 10.1. The van der Waals surface area contributed by atoms with Gasteiger partial charge in [-0.3, -0.25) is 4.18 Å². The Bertz CT molecular complexity index is 1290. The van der Waals surface area contributed by atoms with Gasteiger partial charge in [-0.1, -0.05) is 60.7 Å². The summed E-state index contributed by atoms with van der Waals surface area (Å²) in [5.74, 6) is 0. The van der Waals surface area contributed by atoms with Gasteiger partial charge >= 0.3 is 15.6 Å². The van der Waals surface area contributed by atoms with E-state index in [1.807, 2.05) is 30.3 Å². The van der Waals surface area contributed by atoms with Gasteiger partial charge in [-0.15, -0.1) is 0 Å². The first-order valence-electron chi connectivity index (χ1n) is 13.3. The lowest BCUT2D eigenvalue weighted by atomic mass is 10.0. The normalized spacial score (nSPS) is 36.4. The molecule has 16 heteroatoms. The Kier molecular flexibility index (Phi) is 9.99. The van der Waals surface area contributed by atoms with Crippen LogP contribution in [-0.2, 0) is 42.7 Å². The van der Waals surface area contributed by atoms with E-state index >= 15 is 0 Å². The number of hydrogen-bond donors (Lipinski definition) is 1. The number of aliphatic hydroxyl groups is 1. The molecule has 0 radical (unpaired) electrons. The van der Waals surface area contributed by atoms with Crippen LogP contribution in [0.25, 0.3) is 0 Å². The van der Waals surface area contributed by atoms with Gasteiger partial charge in [0, 0.05) is 11.1 Å². The van der Waals surface area contributed by atoms with Gasteiger partial charge in [0.05, 0.1) is 26.4 Å². The first-order chi connectivity index (χ1) is 20.4. The number of fused-ring (bicyclic) bond motifs is 2. The van der Waals surface area contributed by atoms with Gasteiger partial charge in [0.15, 0.2) is 24.9 Å². The van der Waals surface area contributed by atoms with E-state index in [-0.39, 0.29) is 19.8 Å². The minimum absolute atomic E-state index is 0.00887. The molecule has 6 rings (SSSR count). The zero-order chi connectivity index (χ0) is 30.8. The van der Waals surface area contributed by atoms with E-state index in [9.17, 15) is 35.5 Å². The van der Waals surface area contributed by atoms with E-state index in [1.54, 1.807) is 30.3 Å². The lowest BCUT2D eigenvalue weighted by Crippen LogP contribution is -2.57. The van der Waals surface area contributed by atoms with E-state index in [2.05, 4.69) is 4.18 Å². The van der Waals surface area contributed by atoms with Gasteiger partial charge < -0.3 is 33.5 Å². The largest absolute Gasteiger partial charge is 0.523 e. The molecule has 4 saturated heterocycles. The summed E-state index contributed by atoms with van der Waals surface area (Å²) in [6.45, 7) is -0.452. The van der Waals surface area contributed by atoms with E-state index < -0.39 is 83.8 Å². The van der Waals surface area contributed by atoms with Crippen molar-refractivity contribution in [2.45, 2.75) is 67.1 Å². The van der Waals surface area contributed by atoms with Crippen molar-refractivity contribution in [1.82, 2.24) is 0 Å². The molecule has 0 spiro atoms. The number of benzene rings is 2. The highest BCUT2D eigenvalue weighted by Crippen LogP contribution is 2.36. The van der Waals surface area contributed by atoms with E-state index in [0.29, 0.717) is 5.56 Å². The molecule has 0 amide bonds. The number of ether oxygens (including phenoxy) is 6. The van der Waals surface area contributed by atoms with Crippen LogP contribution in [-0.4, -0.2) is 94.4 Å². The summed E-state index contributed by atoms with van der Waals surface area (Å²) in [5, 5.41) is 9.45. The number of halogens is 5. The fraction of sp³-hybridized carbons (Fsp3) is 0.556. The van der Waals surface area contributed by atoms with Crippen LogP contribution in [0.5, 0.6) is 0 Å².